The van der Waals surface area contributed by atoms with Gasteiger partial charge in [0.25, 0.3) is 0 Å². The molecule has 0 bridgehead atoms. The van der Waals surface area contributed by atoms with Gasteiger partial charge in [-0.2, -0.15) is 0 Å². The third kappa shape index (κ3) is 18.7. The molecule has 12 nitrogen and oxygen atoms in total. The Morgan fingerprint density at radius 1 is 0.429 bits per heavy atom. The summed E-state index contributed by atoms with van der Waals surface area (Å²) in [5.41, 5.74) is -0.395. The Kier molecular flexibility index (Phi) is 24.2. The number of carbonyl (C=O) groups excluding carboxylic acids is 6. The smallest absolute Gasteiger partial charge is 0.434 e. The molecule has 2 aromatic carbocycles. The zero-order valence-corrected chi connectivity index (χ0v) is 33.9. The quantitative estimate of drug-likeness (QED) is 0.0201. The van der Waals surface area contributed by atoms with Crippen LogP contribution in [0.5, 0.6) is 11.5 Å². The molecule has 0 radical (unpaired) electrons. The lowest BCUT2D eigenvalue weighted by molar-refractivity contribution is -0.187. The molecule has 0 spiro atoms. The Labute approximate surface area is 332 Å². The third-order valence-electron chi connectivity index (χ3n) is 9.07. The van der Waals surface area contributed by atoms with Crippen LogP contribution in [-0.4, -0.2) is 49.0 Å². The van der Waals surface area contributed by atoms with E-state index in [9.17, 15) is 28.8 Å². The summed E-state index contributed by atoms with van der Waals surface area (Å²) in [6.45, 7) is 8.55. The zero-order chi connectivity index (χ0) is 41.0. The van der Waals surface area contributed by atoms with Crippen LogP contribution in [0.25, 0.3) is 0 Å². The largest absolute Gasteiger partial charge is 0.513 e. The van der Waals surface area contributed by atoms with Crippen molar-refractivity contribution in [1.29, 1.82) is 0 Å². The lowest BCUT2D eigenvalue weighted by atomic mass is 10.0. The summed E-state index contributed by atoms with van der Waals surface area (Å²) >= 11 is 0. The first kappa shape index (κ1) is 47.4. The molecule has 0 N–H and O–H groups in total. The Hall–Kier alpha value is -4.74. The molecule has 0 atom stereocenters. The molecule has 0 aromatic heterocycles. The van der Waals surface area contributed by atoms with Gasteiger partial charge in [0.15, 0.2) is 11.6 Å². The molecular formula is C44H62O12. The molecule has 0 amide bonds. The van der Waals surface area contributed by atoms with Gasteiger partial charge in [-0.1, -0.05) is 118 Å². The van der Waals surface area contributed by atoms with E-state index in [-0.39, 0.29) is 71.4 Å². The van der Waals surface area contributed by atoms with E-state index >= 15 is 0 Å². The molecule has 2 rings (SSSR count). The summed E-state index contributed by atoms with van der Waals surface area (Å²) in [5, 5.41) is 0. The molecular weight excluding hydrogens is 720 g/mol. The predicted molar refractivity (Wildman–Crippen MR) is 211 cm³/mol. The first-order valence-electron chi connectivity index (χ1n) is 20.6. The number of hydrogen-bond donors (Lipinski definition) is 0. The van der Waals surface area contributed by atoms with Crippen molar-refractivity contribution in [1.82, 2.24) is 0 Å². The lowest BCUT2D eigenvalue weighted by Crippen LogP contribution is -2.18. The number of unbranched alkanes of at least 4 members (excludes halogenated alkanes) is 14. The van der Waals surface area contributed by atoms with Crippen LogP contribution in [0.1, 0.15) is 198 Å². The van der Waals surface area contributed by atoms with Crippen LogP contribution in [0, 0.1) is 0 Å². The maximum Gasteiger partial charge on any atom is 0.513 e. The number of ketones is 2. The van der Waals surface area contributed by atoms with Crippen molar-refractivity contribution in [2.75, 3.05) is 13.2 Å². The second kappa shape index (κ2) is 28.6. The van der Waals surface area contributed by atoms with Gasteiger partial charge in [0.2, 0.25) is 0 Å². The van der Waals surface area contributed by atoms with E-state index in [4.69, 9.17) is 28.7 Å². The van der Waals surface area contributed by atoms with Crippen molar-refractivity contribution in [2.24, 2.45) is 0 Å². The summed E-state index contributed by atoms with van der Waals surface area (Å²) in [4.78, 5) is 87.9. The summed E-state index contributed by atoms with van der Waals surface area (Å²) in [5.74, 6) is -3.53. The van der Waals surface area contributed by atoms with E-state index in [1.54, 1.807) is 0 Å². The van der Waals surface area contributed by atoms with Crippen LogP contribution in [0.2, 0.25) is 0 Å². The van der Waals surface area contributed by atoms with Crippen LogP contribution in [-0.2, 0) is 19.2 Å². The van der Waals surface area contributed by atoms with E-state index in [0.29, 0.717) is 25.7 Å². The summed E-state index contributed by atoms with van der Waals surface area (Å²) in [6, 6.07) is 7.83. The minimum Gasteiger partial charge on any atom is -0.434 e. The highest BCUT2D eigenvalue weighted by molar-refractivity contribution is 6.02. The molecule has 0 saturated heterocycles. The highest BCUT2D eigenvalue weighted by Crippen LogP contribution is 2.26. The normalized spacial score (nSPS) is 10.7. The zero-order valence-electron chi connectivity index (χ0n) is 33.9. The summed E-state index contributed by atoms with van der Waals surface area (Å²) < 4.78 is 20.9. The maximum atomic E-state index is 13.4. The number of carbonyl (C=O) groups is 6. The van der Waals surface area contributed by atoms with Gasteiger partial charge in [-0.3, -0.25) is 9.59 Å². The third-order valence-corrected chi connectivity index (χ3v) is 9.07. The molecule has 0 aliphatic rings. The van der Waals surface area contributed by atoms with Gasteiger partial charge < -0.3 is 18.9 Å². The van der Waals surface area contributed by atoms with Crippen molar-refractivity contribution < 1.29 is 57.5 Å². The monoisotopic (exact) mass is 782 g/mol. The second-order valence-electron chi connectivity index (χ2n) is 13.9. The fourth-order valence-electron chi connectivity index (χ4n) is 5.74. The standard InChI is InChI=1S/C44H62O12/c1-5-9-13-17-19-23-37(45)33-25-27-39(53-43(49)51-29-21-15-11-7-3)35(31-33)41(47)55-56-42(48)36-32-34(38(46)24-20-18-14-10-6-2)26-28-40(36)54-44(50)52-30-22-16-12-8-4/h25-28,31-32H,5-24,29-30H2,1-4H3. The molecule has 310 valence electrons. The molecule has 56 heavy (non-hydrogen) atoms. The summed E-state index contributed by atoms with van der Waals surface area (Å²) in [6.07, 6.45) is 14.7. The molecule has 0 saturated carbocycles. The molecule has 2 aromatic rings. The maximum absolute atomic E-state index is 13.4. The lowest BCUT2D eigenvalue weighted by Gasteiger charge is -2.13. The van der Waals surface area contributed by atoms with Crippen molar-refractivity contribution in [3.05, 3.63) is 58.7 Å². The van der Waals surface area contributed by atoms with Crippen molar-refractivity contribution in [2.45, 2.75) is 156 Å². The topological polar surface area (TPSA) is 158 Å². The minimum atomic E-state index is -1.25. The second-order valence-corrected chi connectivity index (χ2v) is 13.9. The van der Waals surface area contributed by atoms with Crippen LogP contribution in [0.3, 0.4) is 0 Å². The van der Waals surface area contributed by atoms with E-state index in [2.05, 4.69) is 27.7 Å². The average Bonchev–Trinajstić information content (AvgIpc) is 3.19. The highest BCUT2D eigenvalue weighted by atomic mass is 17.2. The van der Waals surface area contributed by atoms with Gasteiger partial charge in [0.1, 0.15) is 22.6 Å². The van der Waals surface area contributed by atoms with Crippen molar-refractivity contribution >= 4 is 35.8 Å². The minimum absolute atomic E-state index is 0.113. The SMILES string of the molecule is CCCCCCCC(=O)c1ccc(OC(=O)OCCCCCC)c(C(=O)OOC(=O)c2cc(C(=O)CCCCCCC)ccc2OC(=O)OCCCCCC)c1. The fraction of sp³-hybridized carbons (Fsp3) is 0.591. The number of Topliss-reactive ketones (excluding diaryl/α,β-unsaturated/α-hetero) is 2. The van der Waals surface area contributed by atoms with Gasteiger partial charge in [0, 0.05) is 24.0 Å². The average molecular weight is 783 g/mol. The van der Waals surface area contributed by atoms with Gasteiger partial charge in [-0.05, 0) is 62.1 Å². The first-order chi connectivity index (χ1) is 27.1. The van der Waals surface area contributed by atoms with E-state index in [1.165, 1.54) is 36.4 Å². The van der Waals surface area contributed by atoms with Gasteiger partial charge >= 0.3 is 24.2 Å². The predicted octanol–water partition coefficient (Wildman–Crippen LogP) is 11.9. The van der Waals surface area contributed by atoms with E-state index < -0.39 is 24.2 Å². The van der Waals surface area contributed by atoms with E-state index in [1.807, 2.05) is 0 Å². The Balaban J connectivity index is 2.29. The number of benzene rings is 2. The molecule has 0 aliphatic heterocycles. The fourth-order valence-corrected chi connectivity index (χ4v) is 5.74. The molecule has 0 aliphatic carbocycles. The van der Waals surface area contributed by atoms with Crippen LogP contribution < -0.4 is 9.47 Å². The highest BCUT2D eigenvalue weighted by Gasteiger charge is 2.26. The Morgan fingerprint density at radius 2 is 0.768 bits per heavy atom. The Morgan fingerprint density at radius 3 is 1.12 bits per heavy atom. The number of hydrogen-bond acceptors (Lipinski definition) is 12. The number of rotatable bonds is 28. The molecule has 0 fully saturated rings. The van der Waals surface area contributed by atoms with Crippen LogP contribution in [0.4, 0.5) is 9.59 Å². The van der Waals surface area contributed by atoms with Gasteiger partial charge in [-0.15, -0.1) is 0 Å². The van der Waals surface area contributed by atoms with Crippen molar-refractivity contribution in [3.63, 3.8) is 0 Å². The van der Waals surface area contributed by atoms with Crippen LogP contribution >= 0.6 is 0 Å². The first-order valence-corrected chi connectivity index (χ1v) is 20.6. The number of ether oxygens (including phenoxy) is 4. The summed E-state index contributed by atoms with van der Waals surface area (Å²) in [7, 11) is 0. The van der Waals surface area contributed by atoms with E-state index in [0.717, 1.165) is 89.9 Å². The van der Waals surface area contributed by atoms with Crippen molar-refractivity contribution in [3.8, 4) is 11.5 Å². The molecule has 0 heterocycles. The van der Waals surface area contributed by atoms with Gasteiger partial charge in [-0.25, -0.2) is 29.0 Å². The molecule has 12 heteroatoms. The Bertz CT molecular complexity index is 1420. The van der Waals surface area contributed by atoms with Crippen LogP contribution in [0.15, 0.2) is 36.4 Å². The van der Waals surface area contributed by atoms with Gasteiger partial charge in [0.05, 0.1) is 13.2 Å². The molecule has 0 unspecified atom stereocenters.